The number of halogens is 5. The summed E-state index contributed by atoms with van der Waals surface area (Å²) in [6.45, 7) is 6.26. The predicted molar refractivity (Wildman–Crippen MR) is 244 cm³/mol. The molecule has 65 heavy (non-hydrogen) atoms. The molecule has 2 aromatic carbocycles. The number of carboxylic acids is 5. The number of carbonyl (C=O) groups is 7. The van der Waals surface area contributed by atoms with Crippen LogP contribution in [0.2, 0.25) is 0 Å². The van der Waals surface area contributed by atoms with E-state index in [2.05, 4.69) is 24.5 Å². The number of hydrogen-bond acceptors (Lipinski definition) is 12. The molecule has 0 radical (unpaired) electrons. The van der Waals surface area contributed by atoms with Crippen molar-refractivity contribution in [1.29, 1.82) is 0 Å². The molecule has 0 aliphatic carbocycles. The van der Waals surface area contributed by atoms with Gasteiger partial charge in [-0.05, 0) is 93.3 Å². The second-order valence-electron chi connectivity index (χ2n) is 15.7. The topological polar surface area (TPSA) is 278 Å². The zero-order valence-corrected chi connectivity index (χ0v) is 40.2. The minimum absolute atomic E-state index is 0.0554. The highest BCUT2D eigenvalue weighted by molar-refractivity contribution is 14.1. The molecule has 1 heterocycles. The first-order valence-corrected chi connectivity index (χ1v) is 22.4. The number of amides is 2. The smallest absolute Gasteiger partial charge is 0.490 e. The van der Waals surface area contributed by atoms with Crippen LogP contribution in [0.15, 0.2) is 36.4 Å². The van der Waals surface area contributed by atoms with Crippen molar-refractivity contribution in [3.63, 3.8) is 0 Å². The number of nitrogens with one attached hydrogen (secondary N) is 2. The minimum Gasteiger partial charge on any atom is -0.506 e. The van der Waals surface area contributed by atoms with Crippen LogP contribution in [0.4, 0.5) is 13.2 Å². The van der Waals surface area contributed by atoms with Crippen molar-refractivity contribution in [2.75, 3.05) is 78.5 Å². The van der Waals surface area contributed by atoms with E-state index in [0.29, 0.717) is 24.2 Å². The Kier molecular flexibility index (Phi) is 23.8. The molecule has 2 amide bonds. The lowest BCUT2D eigenvalue weighted by Gasteiger charge is -2.34. The largest absolute Gasteiger partial charge is 0.506 e. The van der Waals surface area contributed by atoms with E-state index >= 15 is 0 Å². The second kappa shape index (κ2) is 27.3. The van der Waals surface area contributed by atoms with Crippen molar-refractivity contribution in [1.82, 2.24) is 30.2 Å². The summed E-state index contributed by atoms with van der Waals surface area (Å²) < 4.78 is 32.7. The summed E-state index contributed by atoms with van der Waals surface area (Å²) in [4.78, 5) is 91.4. The molecule has 0 saturated carbocycles. The summed E-state index contributed by atoms with van der Waals surface area (Å²) in [7, 11) is 0. The Morgan fingerprint density at radius 2 is 1.00 bits per heavy atom. The summed E-state index contributed by atoms with van der Waals surface area (Å²) in [6.07, 6.45) is -4.34. The number of hydrogen-bond donors (Lipinski definition) is 8. The van der Waals surface area contributed by atoms with E-state index in [1.807, 2.05) is 69.4 Å². The Hall–Kier alpha value is -4.38. The highest BCUT2D eigenvalue weighted by Crippen LogP contribution is 2.28. The van der Waals surface area contributed by atoms with E-state index in [9.17, 15) is 67.5 Å². The van der Waals surface area contributed by atoms with Gasteiger partial charge < -0.3 is 41.3 Å². The molecule has 24 heteroatoms. The van der Waals surface area contributed by atoms with Crippen LogP contribution >= 0.6 is 45.2 Å². The quantitative estimate of drug-likeness (QED) is 0.0995. The van der Waals surface area contributed by atoms with Crippen molar-refractivity contribution < 1.29 is 77.4 Å². The number of rotatable bonds is 18. The first kappa shape index (κ1) is 56.7. The van der Waals surface area contributed by atoms with Gasteiger partial charge >= 0.3 is 36.0 Å². The molecule has 362 valence electrons. The summed E-state index contributed by atoms with van der Waals surface area (Å²) in [6, 6.07) is 8.17. The van der Waals surface area contributed by atoms with Crippen LogP contribution in [0.1, 0.15) is 43.4 Å². The molecule has 2 unspecified atom stereocenters. The van der Waals surface area contributed by atoms with Gasteiger partial charge in [0, 0.05) is 65.3 Å². The van der Waals surface area contributed by atoms with Crippen LogP contribution in [0, 0.1) is 13.1 Å². The van der Waals surface area contributed by atoms with Gasteiger partial charge in [-0.25, -0.2) is 9.59 Å². The average Bonchev–Trinajstić information content (AvgIpc) is 3.19. The van der Waals surface area contributed by atoms with E-state index in [1.165, 1.54) is 0 Å². The number of aliphatic carboxylic acids is 5. The van der Waals surface area contributed by atoms with Gasteiger partial charge in [-0.3, -0.25) is 43.6 Å². The van der Waals surface area contributed by atoms with Gasteiger partial charge in [-0.1, -0.05) is 38.1 Å². The fourth-order valence-corrected chi connectivity index (χ4v) is 8.46. The SMILES string of the molecule is CC(C)Cc1ccc(C(C)C(=O)NC(CN2CCN(CC(=O)O)CCN(CC(=O)O)CCN(CC(=O)O)CC2)C(=O)N[C@@H](Cc2cc(I)c(O)c(I)c2)C(=O)O)cc1.O=C(O)C(F)(F)F. The minimum atomic E-state index is -5.08. The van der Waals surface area contributed by atoms with Crippen LogP contribution in [0.3, 0.4) is 0 Å². The molecule has 0 spiro atoms. The number of benzene rings is 2. The third-order valence-electron chi connectivity index (χ3n) is 9.97. The third-order valence-corrected chi connectivity index (χ3v) is 11.6. The molecule has 0 bridgehead atoms. The van der Waals surface area contributed by atoms with Gasteiger partial charge in [-0.2, -0.15) is 13.2 Å². The summed E-state index contributed by atoms with van der Waals surface area (Å²) in [5.74, 6) is -8.80. The maximum absolute atomic E-state index is 14.2. The van der Waals surface area contributed by atoms with Crippen molar-refractivity contribution in [2.24, 2.45) is 5.92 Å². The Labute approximate surface area is 400 Å². The zero-order valence-electron chi connectivity index (χ0n) is 35.9. The molecule has 3 atom stereocenters. The van der Waals surface area contributed by atoms with E-state index in [0.717, 1.165) is 12.0 Å². The van der Waals surface area contributed by atoms with Crippen molar-refractivity contribution in [3.8, 4) is 5.75 Å². The first-order chi connectivity index (χ1) is 30.2. The molecule has 1 saturated heterocycles. The van der Waals surface area contributed by atoms with Gasteiger partial charge in [0.15, 0.2) is 0 Å². The maximum atomic E-state index is 14.2. The number of nitrogens with zero attached hydrogens (tertiary/aromatic N) is 4. The zero-order chi connectivity index (χ0) is 49.2. The molecule has 8 N–H and O–H groups in total. The fraction of sp³-hybridized carbons (Fsp3) is 0.537. The first-order valence-electron chi connectivity index (χ1n) is 20.2. The van der Waals surface area contributed by atoms with E-state index in [-0.39, 0.29) is 90.7 Å². The van der Waals surface area contributed by atoms with Crippen LogP contribution in [-0.4, -0.2) is 189 Å². The molecule has 19 nitrogen and oxygen atoms in total. The maximum Gasteiger partial charge on any atom is 0.490 e. The fourth-order valence-electron chi connectivity index (χ4n) is 6.57. The van der Waals surface area contributed by atoms with Crippen LogP contribution in [0.25, 0.3) is 0 Å². The van der Waals surface area contributed by atoms with E-state index in [4.69, 9.17) is 9.90 Å². The van der Waals surface area contributed by atoms with Crippen molar-refractivity contribution in [3.05, 3.63) is 60.2 Å². The van der Waals surface area contributed by atoms with Crippen molar-refractivity contribution >= 4 is 86.8 Å². The number of aromatic hydroxyl groups is 1. The van der Waals surface area contributed by atoms with Gasteiger partial charge in [-0.15, -0.1) is 0 Å². The Morgan fingerprint density at radius 1 is 0.615 bits per heavy atom. The van der Waals surface area contributed by atoms with Crippen LogP contribution in [0.5, 0.6) is 5.75 Å². The lowest BCUT2D eigenvalue weighted by molar-refractivity contribution is -0.192. The van der Waals surface area contributed by atoms with Crippen LogP contribution in [-0.2, 0) is 46.4 Å². The van der Waals surface area contributed by atoms with Gasteiger partial charge in [0.1, 0.15) is 17.8 Å². The summed E-state index contributed by atoms with van der Waals surface area (Å²) >= 11 is 3.87. The predicted octanol–water partition coefficient (Wildman–Crippen LogP) is 2.31. The average molecular weight is 1150 g/mol. The summed E-state index contributed by atoms with van der Waals surface area (Å²) in [5.41, 5.74) is 2.37. The molecule has 1 aliphatic rings. The Bertz CT molecular complexity index is 1910. The molecule has 0 aromatic heterocycles. The normalized spacial score (nSPS) is 16.4. The standard InChI is InChI=1S/C39H54I2N6O11.C2HF3O2/c1-24(2)16-26-4-6-28(7-5-26)25(3)37(55)43-32(38(56)42-31(39(57)58)19-27-17-29(40)36(54)30(41)18-27)20-44-8-10-45(21-33(48)49)12-14-47(23-35(52)53)15-13-46(11-9-44)22-34(50)51;3-2(4,5)1(6)7/h4-7,17-18,24-25,31-32,54H,8-16,19-23H2,1-3H3,(H,42,56)(H,43,55)(H,48,49)(H,50,51)(H,52,53)(H,57,58);(H,6,7)/t25?,31-,32?;/m0./s1. The highest BCUT2D eigenvalue weighted by Gasteiger charge is 2.38. The molecule has 1 aliphatic heterocycles. The third kappa shape index (κ3) is 21.6. The van der Waals surface area contributed by atoms with Gasteiger partial charge in [0.2, 0.25) is 11.8 Å². The monoisotopic (exact) mass is 1150 g/mol. The highest BCUT2D eigenvalue weighted by atomic mass is 127. The second-order valence-corrected chi connectivity index (χ2v) is 18.1. The molecule has 3 rings (SSSR count). The molecular weight excluding hydrogens is 1100 g/mol. The lowest BCUT2D eigenvalue weighted by Crippen LogP contribution is -2.58. The van der Waals surface area contributed by atoms with Gasteiger partial charge in [0.05, 0.1) is 32.7 Å². The van der Waals surface area contributed by atoms with Crippen molar-refractivity contribution in [2.45, 2.75) is 57.8 Å². The molecule has 2 aromatic rings. The van der Waals surface area contributed by atoms with E-state index < -0.39 is 65.8 Å². The van der Waals surface area contributed by atoms with Gasteiger partial charge in [0.25, 0.3) is 0 Å². The Morgan fingerprint density at radius 3 is 1.35 bits per heavy atom. The number of alkyl halides is 3. The number of phenolic OH excluding ortho intramolecular Hbond substituents is 1. The lowest BCUT2D eigenvalue weighted by atomic mass is 9.96. The molecular formula is C41H55F3I2N6O13. The number of phenols is 1. The molecule has 1 fully saturated rings. The summed E-state index contributed by atoms with van der Waals surface area (Å²) in [5, 5.41) is 61.8. The van der Waals surface area contributed by atoms with Crippen LogP contribution < -0.4 is 10.6 Å². The number of carboxylic acid groups (broad SMARTS) is 5. The number of carbonyl (C=O) groups excluding carboxylic acids is 2. The van der Waals surface area contributed by atoms with E-state index in [1.54, 1.807) is 38.7 Å². The Balaban J connectivity index is 0.00000191.